The van der Waals surface area contributed by atoms with Crippen molar-refractivity contribution in [2.45, 2.75) is 6.92 Å². The van der Waals surface area contributed by atoms with E-state index in [1.165, 1.54) is 0 Å². The Balaban J connectivity index is 2.91. The molecule has 0 N–H and O–H groups in total. The molecule has 0 aliphatic rings. The van der Waals surface area contributed by atoms with Crippen molar-refractivity contribution in [3.8, 4) is 0 Å². The van der Waals surface area contributed by atoms with E-state index in [4.69, 9.17) is 0 Å². The van der Waals surface area contributed by atoms with Gasteiger partial charge >= 0.3 is 0 Å². The molecule has 0 saturated carbocycles. The van der Waals surface area contributed by atoms with Crippen LogP contribution in [0.1, 0.15) is 5.56 Å². The van der Waals surface area contributed by atoms with Crippen LogP contribution in [0.4, 0.5) is 4.39 Å². The third-order valence-corrected chi connectivity index (χ3v) is 1.81. The molecule has 59 valence electrons. The highest BCUT2D eigenvalue weighted by Gasteiger charge is 2.03. The fourth-order valence-corrected chi connectivity index (χ4v) is 1.15. The van der Waals surface area contributed by atoms with Gasteiger partial charge in [0.15, 0.2) is 0 Å². The van der Waals surface area contributed by atoms with Gasteiger partial charge in [-0.25, -0.2) is 9.37 Å². The van der Waals surface area contributed by atoms with Crippen molar-refractivity contribution in [1.82, 2.24) is 4.98 Å². The number of hydrogen-bond acceptors (Lipinski definition) is 1. The lowest BCUT2D eigenvalue weighted by Crippen LogP contribution is -1.88. The Bertz CT molecular complexity index is 423. The highest BCUT2D eigenvalue weighted by atomic mass is 19.1. The average Bonchev–Trinajstić information content (AvgIpc) is 2.12. The Hall–Kier alpha value is -1.44. The van der Waals surface area contributed by atoms with Crippen LogP contribution in [0.2, 0.25) is 0 Å². The summed E-state index contributed by atoms with van der Waals surface area (Å²) < 4.78 is 13.3. The molecule has 1 heterocycles. The van der Waals surface area contributed by atoms with Crippen molar-refractivity contribution < 1.29 is 4.39 Å². The molecule has 1 nitrogen and oxygen atoms in total. The summed E-state index contributed by atoms with van der Waals surface area (Å²) in [7, 11) is 0. The third-order valence-electron chi connectivity index (χ3n) is 1.81. The molecule has 1 aromatic heterocycles. The zero-order valence-corrected chi connectivity index (χ0v) is 6.63. The van der Waals surface area contributed by atoms with Gasteiger partial charge in [-0.05, 0) is 19.1 Å². The van der Waals surface area contributed by atoms with Crippen LogP contribution in [0.25, 0.3) is 10.9 Å². The molecule has 12 heavy (non-hydrogen) atoms. The van der Waals surface area contributed by atoms with Crippen molar-refractivity contribution >= 4 is 10.9 Å². The van der Waals surface area contributed by atoms with E-state index in [1.807, 2.05) is 6.07 Å². The minimum absolute atomic E-state index is 0.222. The minimum atomic E-state index is -0.222. The monoisotopic (exact) mass is 160 g/mol. The summed E-state index contributed by atoms with van der Waals surface area (Å²) in [6.45, 7) is 1.66. The molecule has 0 atom stereocenters. The summed E-state index contributed by atoms with van der Waals surface area (Å²) in [6, 6.07) is 7.12. The smallest absolute Gasteiger partial charge is 0.137 e. The zero-order valence-electron chi connectivity index (χ0n) is 6.63. The molecular formula is C10H7FN. The minimum Gasteiger partial charge on any atom is -0.246 e. The summed E-state index contributed by atoms with van der Waals surface area (Å²) in [5, 5.41) is 0.564. The summed E-state index contributed by atoms with van der Waals surface area (Å²) in [6.07, 6.45) is 2.62. The predicted octanol–water partition coefficient (Wildman–Crippen LogP) is 2.48. The van der Waals surface area contributed by atoms with Gasteiger partial charge in [0.25, 0.3) is 0 Å². The molecule has 0 amide bonds. The summed E-state index contributed by atoms with van der Waals surface area (Å²) in [5.74, 6) is -0.222. The van der Waals surface area contributed by atoms with Crippen LogP contribution in [0, 0.1) is 18.9 Å². The number of pyridine rings is 1. The number of hydrogen-bond donors (Lipinski definition) is 0. The molecule has 2 rings (SSSR count). The van der Waals surface area contributed by atoms with Gasteiger partial charge < -0.3 is 0 Å². The maximum absolute atomic E-state index is 13.3. The van der Waals surface area contributed by atoms with E-state index in [9.17, 15) is 4.39 Å². The predicted molar refractivity (Wildman–Crippen MR) is 45.3 cm³/mol. The molecule has 1 radical (unpaired) electrons. The lowest BCUT2D eigenvalue weighted by atomic mass is 10.1. The van der Waals surface area contributed by atoms with Crippen molar-refractivity contribution in [3.63, 3.8) is 0 Å². The Morgan fingerprint density at radius 1 is 1.33 bits per heavy atom. The number of halogens is 1. The van der Waals surface area contributed by atoms with Gasteiger partial charge in [0.05, 0.1) is 11.7 Å². The van der Waals surface area contributed by atoms with Gasteiger partial charge in [0, 0.05) is 10.9 Å². The largest absolute Gasteiger partial charge is 0.246 e. The molecule has 0 unspecified atom stereocenters. The molecule has 0 fully saturated rings. The van der Waals surface area contributed by atoms with Gasteiger partial charge in [-0.1, -0.05) is 12.1 Å². The van der Waals surface area contributed by atoms with Crippen LogP contribution in [-0.2, 0) is 0 Å². The van der Waals surface area contributed by atoms with E-state index in [-0.39, 0.29) is 5.82 Å². The molecule has 0 aliphatic heterocycles. The molecule has 0 bridgehead atoms. The summed E-state index contributed by atoms with van der Waals surface area (Å²) in [4.78, 5) is 3.98. The molecule has 0 aliphatic carbocycles. The van der Waals surface area contributed by atoms with E-state index in [0.29, 0.717) is 16.5 Å². The van der Waals surface area contributed by atoms with Crippen molar-refractivity contribution in [3.05, 3.63) is 41.8 Å². The second kappa shape index (κ2) is 2.55. The topological polar surface area (TPSA) is 12.9 Å². The Labute approximate surface area is 69.9 Å². The summed E-state index contributed by atoms with van der Waals surface area (Å²) >= 11 is 0. The van der Waals surface area contributed by atoms with E-state index >= 15 is 0 Å². The number of para-hydroxylation sites is 1. The molecular weight excluding hydrogens is 153 g/mol. The van der Waals surface area contributed by atoms with Gasteiger partial charge in [-0.2, -0.15) is 0 Å². The first-order chi connectivity index (χ1) is 5.79. The molecule has 1 aromatic carbocycles. The summed E-state index contributed by atoms with van der Waals surface area (Å²) in [5.41, 5.74) is 1.12. The first kappa shape index (κ1) is 7.22. The van der Waals surface area contributed by atoms with Gasteiger partial charge in [-0.15, -0.1) is 0 Å². The molecule has 2 heteroatoms. The van der Waals surface area contributed by atoms with E-state index in [1.54, 1.807) is 25.1 Å². The van der Waals surface area contributed by atoms with Crippen LogP contribution in [-0.4, -0.2) is 4.98 Å². The number of aromatic nitrogens is 1. The highest BCUT2D eigenvalue weighted by Crippen LogP contribution is 2.16. The quantitative estimate of drug-likeness (QED) is 0.577. The van der Waals surface area contributed by atoms with E-state index < -0.39 is 0 Å². The Morgan fingerprint density at radius 2 is 2.08 bits per heavy atom. The third kappa shape index (κ3) is 0.961. The number of fused-ring (bicyclic) bond motifs is 1. The van der Waals surface area contributed by atoms with Gasteiger partial charge in [0.1, 0.15) is 5.82 Å². The maximum atomic E-state index is 13.3. The fourth-order valence-electron chi connectivity index (χ4n) is 1.15. The molecule has 0 spiro atoms. The zero-order chi connectivity index (χ0) is 8.55. The SMILES string of the molecule is Cc1[c]nc2ccccc2c1F. The number of aryl methyl sites for hydroxylation is 1. The van der Waals surface area contributed by atoms with Crippen molar-refractivity contribution in [2.75, 3.05) is 0 Å². The lowest BCUT2D eigenvalue weighted by Gasteiger charge is -1.99. The average molecular weight is 160 g/mol. The van der Waals surface area contributed by atoms with Crippen LogP contribution >= 0.6 is 0 Å². The number of nitrogens with zero attached hydrogens (tertiary/aromatic N) is 1. The molecule has 2 aromatic rings. The highest BCUT2D eigenvalue weighted by molar-refractivity contribution is 5.79. The number of benzene rings is 1. The second-order valence-electron chi connectivity index (χ2n) is 2.68. The van der Waals surface area contributed by atoms with E-state index in [2.05, 4.69) is 11.2 Å². The Morgan fingerprint density at radius 3 is 2.92 bits per heavy atom. The standard InChI is InChI=1S/C10H7FN/c1-7-6-12-9-5-3-2-4-8(9)10(7)11/h2-5H,1H3. The van der Waals surface area contributed by atoms with E-state index in [0.717, 1.165) is 0 Å². The van der Waals surface area contributed by atoms with Crippen LogP contribution in [0.5, 0.6) is 0 Å². The van der Waals surface area contributed by atoms with Crippen LogP contribution in [0.15, 0.2) is 24.3 Å². The van der Waals surface area contributed by atoms with Crippen molar-refractivity contribution in [1.29, 1.82) is 0 Å². The maximum Gasteiger partial charge on any atom is 0.137 e. The first-order valence-corrected chi connectivity index (χ1v) is 3.71. The number of rotatable bonds is 0. The molecule has 0 saturated heterocycles. The first-order valence-electron chi connectivity index (χ1n) is 3.71. The van der Waals surface area contributed by atoms with Gasteiger partial charge in [0.2, 0.25) is 0 Å². The van der Waals surface area contributed by atoms with Gasteiger partial charge in [-0.3, -0.25) is 0 Å². The van der Waals surface area contributed by atoms with Crippen LogP contribution < -0.4 is 0 Å². The van der Waals surface area contributed by atoms with Crippen LogP contribution in [0.3, 0.4) is 0 Å². The second-order valence-corrected chi connectivity index (χ2v) is 2.68. The lowest BCUT2D eigenvalue weighted by molar-refractivity contribution is 0.628. The normalized spacial score (nSPS) is 10.5. The Kier molecular flexibility index (Phi) is 1.54. The van der Waals surface area contributed by atoms with Crippen molar-refractivity contribution in [2.24, 2.45) is 0 Å². The fraction of sp³-hybridized carbons (Fsp3) is 0.100.